The number of likely N-dealkylation sites (N-methyl/N-ethyl adjacent to an activating group) is 1. The van der Waals surface area contributed by atoms with E-state index in [4.69, 9.17) is 0 Å². The minimum Gasteiger partial charge on any atom is -0.390 e. The van der Waals surface area contributed by atoms with E-state index in [1.165, 1.54) is 12.8 Å². The molecular formula is C11H26N2O. The molecule has 0 saturated carbocycles. The second kappa shape index (κ2) is 8.21. The summed E-state index contributed by atoms with van der Waals surface area (Å²) in [6.07, 6.45) is 2.18. The van der Waals surface area contributed by atoms with E-state index in [1.807, 2.05) is 19.0 Å². The molecule has 0 bridgehead atoms. The van der Waals surface area contributed by atoms with E-state index in [-0.39, 0.29) is 6.10 Å². The number of nitrogens with one attached hydrogen (secondary N) is 1. The molecule has 1 atom stereocenters. The molecule has 0 aromatic heterocycles. The highest BCUT2D eigenvalue weighted by Gasteiger charge is 2.06. The highest BCUT2D eigenvalue weighted by atomic mass is 16.3. The van der Waals surface area contributed by atoms with Crippen LogP contribution < -0.4 is 5.32 Å². The standard InChI is InChI=1S/C11H26N2O/c1-5-10(6-2)7-12-8-11(14)9-13(3)4/h10-12,14H,5-9H2,1-4H3. The van der Waals surface area contributed by atoms with Crippen LogP contribution in [0.3, 0.4) is 0 Å². The van der Waals surface area contributed by atoms with E-state index in [0.29, 0.717) is 6.54 Å². The van der Waals surface area contributed by atoms with Crippen molar-refractivity contribution in [1.82, 2.24) is 10.2 Å². The molecule has 2 N–H and O–H groups in total. The average molecular weight is 202 g/mol. The van der Waals surface area contributed by atoms with E-state index >= 15 is 0 Å². The first kappa shape index (κ1) is 13.9. The highest BCUT2D eigenvalue weighted by molar-refractivity contribution is 4.65. The maximum Gasteiger partial charge on any atom is 0.0791 e. The van der Waals surface area contributed by atoms with Gasteiger partial charge in [0.05, 0.1) is 6.10 Å². The van der Waals surface area contributed by atoms with Crippen LogP contribution in [-0.2, 0) is 0 Å². The molecule has 0 radical (unpaired) electrons. The van der Waals surface area contributed by atoms with Crippen LogP contribution in [0.5, 0.6) is 0 Å². The van der Waals surface area contributed by atoms with Gasteiger partial charge in [0.25, 0.3) is 0 Å². The fourth-order valence-electron chi connectivity index (χ4n) is 1.52. The van der Waals surface area contributed by atoms with Gasteiger partial charge in [-0.15, -0.1) is 0 Å². The Labute approximate surface area is 88.5 Å². The van der Waals surface area contributed by atoms with Gasteiger partial charge in [-0.2, -0.15) is 0 Å². The Morgan fingerprint density at radius 2 is 1.71 bits per heavy atom. The molecule has 0 fully saturated rings. The lowest BCUT2D eigenvalue weighted by Gasteiger charge is -2.18. The summed E-state index contributed by atoms with van der Waals surface area (Å²) < 4.78 is 0. The monoisotopic (exact) mass is 202 g/mol. The predicted molar refractivity (Wildman–Crippen MR) is 61.5 cm³/mol. The highest BCUT2D eigenvalue weighted by Crippen LogP contribution is 2.04. The molecule has 0 saturated heterocycles. The zero-order chi connectivity index (χ0) is 11.0. The Balaban J connectivity index is 3.42. The predicted octanol–water partition coefficient (Wildman–Crippen LogP) is 0.935. The summed E-state index contributed by atoms with van der Waals surface area (Å²) in [5.74, 6) is 0.751. The third-order valence-corrected chi connectivity index (χ3v) is 2.54. The second-order valence-corrected chi connectivity index (χ2v) is 4.26. The normalized spacial score (nSPS) is 13.9. The van der Waals surface area contributed by atoms with Crippen molar-refractivity contribution < 1.29 is 5.11 Å². The lowest BCUT2D eigenvalue weighted by atomic mass is 10.0. The molecular weight excluding hydrogens is 176 g/mol. The minimum atomic E-state index is -0.251. The molecule has 0 spiro atoms. The molecule has 0 aliphatic heterocycles. The van der Waals surface area contributed by atoms with Gasteiger partial charge in [-0.05, 0) is 26.6 Å². The third-order valence-electron chi connectivity index (χ3n) is 2.54. The first-order valence-corrected chi connectivity index (χ1v) is 5.63. The summed E-state index contributed by atoms with van der Waals surface area (Å²) in [7, 11) is 3.95. The topological polar surface area (TPSA) is 35.5 Å². The van der Waals surface area contributed by atoms with E-state index in [9.17, 15) is 5.11 Å². The molecule has 86 valence electrons. The Bertz CT molecular complexity index is 124. The van der Waals surface area contributed by atoms with Crippen LogP contribution in [0.1, 0.15) is 26.7 Å². The van der Waals surface area contributed by atoms with Gasteiger partial charge < -0.3 is 15.3 Å². The van der Waals surface area contributed by atoms with Crippen LogP contribution in [0.4, 0.5) is 0 Å². The number of hydrogen-bond donors (Lipinski definition) is 2. The second-order valence-electron chi connectivity index (χ2n) is 4.26. The van der Waals surface area contributed by atoms with Crippen molar-refractivity contribution in [2.24, 2.45) is 5.92 Å². The summed E-state index contributed by atoms with van der Waals surface area (Å²) in [6.45, 7) is 6.89. The van der Waals surface area contributed by atoms with E-state index in [1.54, 1.807) is 0 Å². The van der Waals surface area contributed by atoms with Crippen molar-refractivity contribution in [3.63, 3.8) is 0 Å². The van der Waals surface area contributed by atoms with Gasteiger partial charge in [-0.3, -0.25) is 0 Å². The number of nitrogens with zero attached hydrogens (tertiary/aromatic N) is 1. The molecule has 0 aliphatic rings. The van der Waals surface area contributed by atoms with Crippen LogP contribution in [0.2, 0.25) is 0 Å². The molecule has 0 amide bonds. The number of hydrogen-bond acceptors (Lipinski definition) is 3. The molecule has 0 aliphatic carbocycles. The quantitative estimate of drug-likeness (QED) is 0.615. The summed E-state index contributed by atoms with van der Waals surface area (Å²) in [5.41, 5.74) is 0. The lowest BCUT2D eigenvalue weighted by molar-refractivity contribution is 0.133. The largest absolute Gasteiger partial charge is 0.390 e. The van der Waals surface area contributed by atoms with Gasteiger partial charge in [0.15, 0.2) is 0 Å². The maximum absolute atomic E-state index is 9.57. The van der Waals surface area contributed by atoms with Crippen LogP contribution in [0, 0.1) is 5.92 Å². The van der Waals surface area contributed by atoms with E-state index in [2.05, 4.69) is 19.2 Å². The smallest absolute Gasteiger partial charge is 0.0791 e. The maximum atomic E-state index is 9.57. The van der Waals surface area contributed by atoms with Crippen molar-refractivity contribution in [1.29, 1.82) is 0 Å². The zero-order valence-corrected chi connectivity index (χ0v) is 10.1. The fourth-order valence-corrected chi connectivity index (χ4v) is 1.52. The van der Waals surface area contributed by atoms with Gasteiger partial charge >= 0.3 is 0 Å². The van der Waals surface area contributed by atoms with Crippen molar-refractivity contribution in [2.45, 2.75) is 32.8 Å². The fraction of sp³-hybridized carbons (Fsp3) is 1.00. The average Bonchev–Trinajstić information content (AvgIpc) is 2.11. The Morgan fingerprint density at radius 1 is 1.14 bits per heavy atom. The van der Waals surface area contributed by atoms with Crippen LogP contribution in [-0.4, -0.2) is 49.8 Å². The first-order chi connectivity index (χ1) is 6.60. The Hall–Kier alpha value is -0.120. The van der Waals surface area contributed by atoms with E-state index in [0.717, 1.165) is 19.0 Å². The molecule has 0 heterocycles. The number of aliphatic hydroxyl groups excluding tert-OH is 1. The zero-order valence-electron chi connectivity index (χ0n) is 10.1. The number of aliphatic hydroxyl groups is 1. The Morgan fingerprint density at radius 3 is 2.14 bits per heavy atom. The van der Waals surface area contributed by atoms with Gasteiger partial charge in [-0.25, -0.2) is 0 Å². The van der Waals surface area contributed by atoms with Crippen LogP contribution >= 0.6 is 0 Å². The third kappa shape index (κ3) is 7.30. The summed E-state index contributed by atoms with van der Waals surface area (Å²) in [4.78, 5) is 2.00. The SMILES string of the molecule is CCC(CC)CNCC(O)CN(C)C. The molecule has 14 heavy (non-hydrogen) atoms. The van der Waals surface area contributed by atoms with Crippen molar-refractivity contribution in [2.75, 3.05) is 33.7 Å². The minimum absolute atomic E-state index is 0.251. The molecule has 0 aromatic carbocycles. The van der Waals surface area contributed by atoms with Gasteiger partial charge in [0.1, 0.15) is 0 Å². The van der Waals surface area contributed by atoms with E-state index < -0.39 is 0 Å². The van der Waals surface area contributed by atoms with Gasteiger partial charge in [-0.1, -0.05) is 26.7 Å². The van der Waals surface area contributed by atoms with Crippen molar-refractivity contribution in [3.8, 4) is 0 Å². The van der Waals surface area contributed by atoms with Crippen molar-refractivity contribution >= 4 is 0 Å². The molecule has 0 rings (SSSR count). The summed E-state index contributed by atoms with van der Waals surface area (Å²) in [5, 5.41) is 12.9. The van der Waals surface area contributed by atoms with Gasteiger partial charge in [0, 0.05) is 13.1 Å². The molecule has 3 heteroatoms. The summed E-state index contributed by atoms with van der Waals surface area (Å²) in [6, 6.07) is 0. The molecule has 0 aromatic rings. The molecule has 1 unspecified atom stereocenters. The lowest BCUT2D eigenvalue weighted by Crippen LogP contribution is -2.36. The molecule has 3 nitrogen and oxygen atoms in total. The van der Waals surface area contributed by atoms with Gasteiger partial charge in [0.2, 0.25) is 0 Å². The van der Waals surface area contributed by atoms with Crippen LogP contribution in [0.25, 0.3) is 0 Å². The summed E-state index contributed by atoms with van der Waals surface area (Å²) >= 11 is 0. The Kier molecular flexibility index (Phi) is 8.14. The first-order valence-electron chi connectivity index (χ1n) is 5.63. The van der Waals surface area contributed by atoms with Crippen LogP contribution in [0.15, 0.2) is 0 Å². The number of rotatable bonds is 8. The van der Waals surface area contributed by atoms with Crippen molar-refractivity contribution in [3.05, 3.63) is 0 Å².